The van der Waals surface area contributed by atoms with Crippen LogP contribution in [0.5, 0.6) is 5.75 Å². The molecule has 0 fully saturated rings. The number of rotatable bonds is 5. The molecule has 0 saturated carbocycles. The zero-order valence-corrected chi connectivity index (χ0v) is 12.8. The highest BCUT2D eigenvalue weighted by Gasteiger charge is 2.16. The Balaban J connectivity index is 2.12. The quantitative estimate of drug-likeness (QED) is 0.654. The number of amidine groups is 1. The topological polar surface area (TPSA) is 72.0 Å². The Hall–Kier alpha value is -1.88. The minimum atomic E-state index is 0.0767. The van der Waals surface area contributed by atoms with Crippen molar-refractivity contribution < 1.29 is 4.74 Å². The van der Waals surface area contributed by atoms with E-state index < -0.39 is 0 Å². The summed E-state index contributed by atoms with van der Waals surface area (Å²) in [7, 11) is 0. The Bertz CT molecular complexity index is 602. The minimum absolute atomic E-state index is 0.0767. The molecule has 1 aromatic heterocycles. The van der Waals surface area contributed by atoms with Crippen LogP contribution in [0.2, 0.25) is 0 Å². The molecule has 0 saturated heterocycles. The van der Waals surface area contributed by atoms with Gasteiger partial charge in [-0.25, -0.2) is 4.98 Å². The molecule has 0 aliphatic heterocycles. The lowest BCUT2D eigenvalue weighted by Gasteiger charge is -2.04. The summed E-state index contributed by atoms with van der Waals surface area (Å²) in [6.45, 7) is 6.54. The summed E-state index contributed by atoms with van der Waals surface area (Å²) in [6, 6.07) is 7.91. The van der Waals surface area contributed by atoms with Crippen molar-refractivity contribution in [1.82, 2.24) is 4.98 Å². The van der Waals surface area contributed by atoms with Gasteiger partial charge in [0.1, 0.15) is 23.2 Å². The van der Waals surface area contributed by atoms with Gasteiger partial charge in [0.25, 0.3) is 0 Å². The molecule has 1 aromatic carbocycles. The van der Waals surface area contributed by atoms with Gasteiger partial charge in [-0.15, -0.1) is 11.3 Å². The van der Waals surface area contributed by atoms with Gasteiger partial charge in [-0.3, -0.25) is 5.41 Å². The highest BCUT2D eigenvalue weighted by Crippen LogP contribution is 2.25. The van der Waals surface area contributed by atoms with Crippen LogP contribution >= 0.6 is 11.3 Å². The number of nitrogen functional groups attached to an aromatic ring is 1. The molecule has 3 N–H and O–H groups in total. The van der Waals surface area contributed by atoms with Gasteiger partial charge >= 0.3 is 0 Å². The molecule has 0 bridgehead atoms. The predicted molar refractivity (Wildman–Crippen MR) is 82.7 cm³/mol. The molecule has 0 radical (unpaired) electrons. The number of hydrogen-bond acceptors (Lipinski definition) is 4. The van der Waals surface area contributed by atoms with E-state index in [0.29, 0.717) is 6.61 Å². The molecule has 106 valence electrons. The van der Waals surface area contributed by atoms with Gasteiger partial charge in [-0.1, -0.05) is 31.5 Å². The van der Waals surface area contributed by atoms with Crippen LogP contribution in [0.25, 0.3) is 0 Å². The number of nitrogens with zero attached hydrogens (tertiary/aromatic N) is 1. The first kappa shape index (κ1) is 14.5. The van der Waals surface area contributed by atoms with Crippen molar-refractivity contribution in [2.24, 2.45) is 5.73 Å². The second-order valence-corrected chi connectivity index (χ2v) is 6.08. The number of aryl methyl sites for hydroxylation is 1. The zero-order valence-electron chi connectivity index (χ0n) is 11.9. The monoisotopic (exact) mass is 289 g/mol. The normalized spacial score (nSPS) is 10.8. The van der Waals surface area contributed by atoms with E-state index in [2.05, 4.69) is 4.98 Å². The van der Waals surface area contributed by atoms with Crippen molar-refractivity contribution in [3.8, 4) is 5.75 Å². The number of ether oxygens (including phenoxy) is 1. The van der Waals surface area contributed by atoms with E-state index in [-0.39, 0.29) is 11.8 Å². The Morgan fingerprint density at radius 2 is 2.00 bits per heavy atom. The molecule has 0 amide bonds. The molecule has 20 heavy (non-hydrogen) atoms. The third kappa shape index (κ3) is 3.36. The summed E-state index contributed by atoms with van der Waals surface area (Å²) in [5.74, 6) is 1.15. The standard InChI is InChI=1S/C15H19N3OS/c1-9(2)13-14(15(16)17)20-12(18-13)8-19-11-6-4-10(3)5-7-11/h4-7,9H,8H2,1-3H3,(H3,16,17). The van der Waals surface area contributed by atoms with Crippen LogP contribution in [0.15, 0.2) is 24.3 Å². The van der Waals surface area contributed by atoms with Gasteiger partial charge in [0.2, 0.25) is 0 Å². The van der Waals surface area contributed by atoms with Gasteiger partial charge < -0.3 is 10.5 Å². The summed E-state index contributed by atoms with van der Waals surface area (Å²) in [5.41, 5.74) is 7.68. The van der Waals surface area contributed by atoms with Crippen LogP contribution in [-0.4, -0.2) is 10.8 Å². The van der Waals surface area contributed by atoms with Crippen LogP contribution < -0.4 is 10.5 Å². The maximum atomic E-state index is 7.61. The first-order valence-corrected chi connectivity index (χ1v) is 7.32. The van der Waals surface area contributed by atoms with Crippen LogP contribution in [0, 0.1) is 12.3 Å². The number of nitrogens with one attached hydrogen (secondary N) is 1. The second kappa shape index (κ2) is 6.05. The Labute approximate surface area is 123 Å². The van der Waals surface area contributed by atoms with Crippen molar-refractivity contribution in [2.75, 3.05) is 0 Å². The van der Waals surface area contributed by atoms with E-state index in [1.807, 2.05) is 45.0 Å². The Kier molecular flexibility index (Phi) is 4.39. The molecule has 0 aliphatic carbocycles. The highest BCUT2D eigenvalue weighted by molar-refractivity contribution is 7.13. The van der Waals surface area contributed by atoms with Crippen molar-refractivity contribution in [2.45, 2.75) is 33.3 Å². The van der Waals surface area contributed by atoms with Crippen LogP contribution in [0.4, 0.5) is 0 Å². The number of nitrogens with two attached hydrogens (primary N) is 1. The van der Waals surface area contributed by atoms with Crippen LogP contribution in [0.1, 0.15) is 40.9 Å². The molecule has 5 heteroatoms. The van der Waals surface area contributed by atoms with Crippen molar-refractivity contribution in [3.63, 3.8) is 0 Å². The van der Waals surface area contributed by atoms with E-state index in [9.17, 15) is 0 Å². The molecule has 2 aromatic rings. The second-order valence-electron chi connectivity index (χ2n) is 4.99. The molecular weight excluding hydrogens is 270 g/mol. The zero-order chi connectivity index (χ0) is 14.7. The number of hydrogen-bond donors (Lipinski definition) is 2. The summed E-state index contributed by atoms with van der Waals surface area (Å²) < 4.78 is 5.71. The predicted octanol–water partition coefficient (Wildman–Crippen LogP) is 3.44. The first-order valence-electron chi connectivity index (χ1n) is 6.51. The maximum Gasteiger partial charge on any atom is 0.140 e. The highest BCUT2D eigenvalue weighted by atomic mass is 32.1. The van der Waals surface area contributed by atoms with Gasteiger partial charge in [-0.05, 0) is 25.0 Å². The maximum absolute atomic E-state index is 7.61. The molecular formula is C15H19N3OS. The number of thiazole rings is 1. The summed E-state index contributed by atoms with van der Waals surface area (Å²) in [4.78, 5) is 5.29. The van der Waals surface area contributed by atoms with Gasteiger partial charge in [0.15, 0.2) is 0 Å². The fourth-order valence-electron chi connectivity index (χ4n) is 1.80. The van der Waals surface area contributed by atoms with Crippen molar-refractivity contribution in [1.29, 1.82) is 5.41 Å². The third-order valence-electron chi connectivity index (χ3n) is 2.87. The van der Waals surface area contributed by atoms with E-state index >= 15 is 0 Å². The van der Waals surface area contributed by atoms with Crippen LogP contribution in [-0.2, 0) is 6.61 Å². The third-order valence-corrected chi connectivity index (χ3v) is 3.95. The molecule has 2 rings (SSSR count). The SMILES string of the molecule is Cc1ccc(OCc2nc(C(C)C)c(C(=N)N)s2)cc1. The molecule has 0 atom stereocenters. The Morgan fingerprint density at radius 1 is 1.35 bits per heavy atom. The molecule has 0 unspecified atom stereocenters. The molecule has 4 nitrogen and oxygen atoms in total. The van der Waals surface area contributed by atoms with Crippen molar-refractivity contribution >= 4 is 17.2 Å². The van der Waals surface area contributed by atoms with Gasteiger partial charge in [0, 0.05) is 0 Å². The smallest absolute Gasteiger partial charge is 0.140 e. The van der Waals surface area contributed by atoms with E-state index in [1.165, 1.54) is 16.9 Å². The van der Waals surface area contributed by atoms with Gasteiger partial charge in [-0.2, -0.15) is 0 Å². The number of aromatic nitrogens is 1. The largest absolute Gasteiger partial charge is 0.486 e. The molecule has 1 heterocycles. The first-order chi connectivity index (χ1) is 9.47. The minimum Gasteiger partial charge on any atom is -0.486 e. The summed E-state index contributed by atoms with van der Waals surface area (Å²) >= 11 is 1.43. The number of benzene rings is 1. The van der Waals surface area contributed by atoms with Gasteiger partial charge in [0.05, 0.1) is 10.6 Å². The summed E-state index contributed by atoms with van der Waals surface area (Å²) in [6.07, 6.45) is 0. The lowest BCUT2D eigenvalue weighted by molar-refractivity contribution is 0.305. The lowest BCUT2D eigenvalue weighted by atomic mass is 10.1. The van der Waals surface area contributed by atoms with Crippen molar-refractivity contribution in [3.05, 3.63) is 45.4 Å². The molecule has 0 aliphatic rings. The molecule has 0 spiro atoms. The Morgan fingerprint density at radius 3 is 2.50 bits per heavy atom. The van der Waals surface area contributed by atoms with Crippen LogP contribution in [0.3, 0.4) is 0 Å². The van der Waals surface area contributed by atoms with E-state index in [0.717, 1.165) is 21.3 Å². The average molecular weight is 289 g/mol. The fourth-order valence-corrected chi connectivity index (χ4v) is 2.80. The fraction of sp³-hybridized carbons (Fsp3) is 0.333. The average Bonchev–Trinajstić information content (AvgIpc) is 2.83. The van der Waals surface area contributed by atoms with E-state index in [1.54, 1.807) is 0 Å². The van der Waals surface area contributed by atoms with E-state index in [4.69, 9.17) is 15.9 Å². The summed E-state index contributed by atoms with van der Waals surface area (Å²) in [5, 5.41) is 8.46. The lowest BCUT2D eigenvalue weighted by Crippen LogP contribution is -2.12.